The van der Waals surface area contributed by atoms with Gasteiger partial charge in [-0.05, 0) is 48.4 Å². The Morgan fingerprint density at radius 3 is 2.19 bits per heavy atom. The maximum absolute atomic E-state index is 13.1. The molecule has 0 aliphatic carbocycles. The van der Waals surface area contributed by atoms with Crippen molar-refractivity contribution in [2.75, 3.05) is 14.2 Å². The lowest BCUT2D eigenvalue weighted by molar-refractivity contribution is 0.0976. The minimum absolute atomic E-state index is 0.218. The van der Waals surface area contributed by atoms with Crippen LogP contribution in [0.3, 0.4) is 0 Å². The lowest BCUT2D eigenvalue weighted by Crippen LogP contribution is -2.37. The molecule has 0 saturated carbocycles. The number of fused-ring (bicyclic) bond motifs is 1. The van der Waals surface area contributed by atoms with Crippen LogP contribution in [-0.2, 0) is 0 Å². The van der Waals surface area contributed by atoms with E-state index in [9.17, 15) is 4.79 Å². The molecule has 0 fully saturated rings. The molecule has 6 nitrogen and oxygen atoms in total. The number of nitrogens with zero attached hydrogens (tertiary/aromatic N) is 2. The van der Waals surface area contributed by atoms with Gasteiger partial charge in [0.1, 0.15) is 5.84 Å². The van der Waals surface area contributed by atoms with Gasteiger partial charge in [-0.3, -0.25) is 9.79 Å². The highest BCUT2D eigenvalue weighted by Gasteiger charge is 2.29. The fourth-order valence-electron chi connectivity index (χ4n) is 3.77. The molecule has 1 amide bonds. The third-order valence-electron chi connectivity index (χ3n) is 5.37. The van der Waals surface area contributed by atoms with Gasteiger partial charge in [0.05, 0.1) is 31.5 Å². The van der Waals surface area contributed by atoms with E-state index in [1.54, 1.807) is 26.4 Å². The standard InChI is InChI=1S/C26H25N3O3/c1-4-19-24(18-14-15-22(31-2)23(16-18)32-3)25(28-21-13-9-8-12-20(21)27-19)29-26(30)17-10-6-5-7-11-17/h5-16,24H,4H2,1-3H3,(H,28,29,30)/t24-/m1/s1. The summed E-state index contributed by atoms with van der Waals surface area (Å²) in [5.74, 6) is 1.20. The van der Waals surface area contributed by atoms with E-state index in [2.05, 4.69) is 12.2 Å². The molecule has 3 aromatic rings. The van der Waals surface area contributed by atoms with Gasteiger partial charge in [-0.2, -0.15) is 0 Å². The zero-order valence-electron chi connectivity index (χ0n) is 18.3. The number of methoxy groups -OCH3 is 2. The van der Waals surface area contributed by atoms with Crippen LogP contribution >= 0.6 is 0 Å². The van der Waals surface area contributed by atoms with Crippen molar-refractivity contribution in [1.29, 1.82) is 0 Å². The minimum atomic E-state index is -0.347. The Hall–Kier alpha value is -3.93. The number of carbonyl (C=O) groups is 1. The van der Waals surface area contributed by atoms with Crippen molar-refractivity contribution in [3.05, 3.63) is 83.9 Å². The summed E-state index contributed by atoms with van der Waals surface area (Å²) in [5.41, 5.74) is 3.86. The Bertz CT molecular complexity index is 1190. The zero-order valence-corrected chi connectivity index (χ0v) is 18.3. The first-order chi connectivity index (χ1) is 15.6. The smallest absolute Gasteiger partial charge is 0.256 e. The van der Waals surface area contributed by atoms with E-state index in [4.69, 9.17) is 19.5 Å². The van der Waals surface area contributed by atoms with Gasteiger partial charge in [-0.15, -0.1) is 0 Å². The second-order valence-corrected chi connectivity index (χ2v) is 7.31. The largest absolute Gasteiger partial charge is 0.493 e. The van der Waals surface area contributed by atoms with Gasteiger partial charge in [0.25, 0.3) is 5.91 Å². The van der Waals surface area contributed by atoms with Gasteiger partial charge in [-0.1, -0.05) is 43.3 Å². The van der Waals surface area contributed by atoms with Crippen molar-refractivity contribution in [3.8, 4) is 11.5 Å². The summed E-state index contributed by atoms with van der Waals surface area (Å²) in [5, 5.41) is 3.05. The number of carbonyl (C=O) groups excluding carboxylic acids is 1. The van der Waals surface area contributed by atoms with Crippen LogP contribution in [0.5, 0.6) is 11.5 Å². The lowest BCUT2D eigenvalue weighted by atomic mass is 9.90. The van der Waals surface area contributed by atoms with Gasteiger partial charge in [0, 0.05) is 11.3 Å². The molecule has 32 heavy (non-hydrogen) atoms. The number of hydrogen-bond acceptors (Lipinski definition) is 5. The Balaban J connectivity index is 1.85. The summed E-state index contributed by atoms with van der Waals surface area (Å²) in [4.78, 5) is 22.8. The van der Waals surface area contributed by atoms with Crippen molar-refractivity contribution < 1.29 is 14.3 Å². The molecule has 0 aromatic heterocycles. The first kappa shape index (κ1) is 21.3. The first-order valence-corrected chi connectivity index (χ1v) is 10.5. The average molecular weight is 428 g/mol. The number of amidine groups is 1. The molecule has 1 atom stereocenters. The quantitative estimate of drug-likeness (QED) is 0.589. The number of hydrogen-bond donors (Lipinski definition) is 1. The molecule has 1 aliphatic heterocycles. The molecule has 4 rings (SSSR count). The molecule has 0 saturated heterocycles. The Labute approximate surface area is 187 Å². The van der Waals surface area contributed by atoms with Crippen molar-refractivity contribution in [1.82, 2.24) is 5.32 Å². The van der Waals surface area contributed by atoms with E-state index in [0.29, 0.717) is 35.0 Å². The monoisotopic (exact) mass is 427 g/mol. The molecule has 1 aliphatic rings. The lowest BCUT2D eigenvalue weighted by Gasteiger charge is -2.22. The maximum Gasteiger partial charge on any atom is 0.256 e. The van der Waals surface area contributed by atoms with Crippen molar-refractivity contribution >= 4 is 28.8 Å². The average Bonchev–Trinajstić information content (AvgIpc) is 3.00. The van der Waals surface area contributed by atoms with Crippen molar-refractivity contribution in [3.63, 3.8) is 0 Å². The number of ether oxygens (including phenoxy) is 2. The molecule has 162 valence electrons. The molecule has 3 aromatic carbocycles. The first-order valence-electron chi connectivity index (χ1n) is 10.5. The summed E-state index contributed by atoms with van der Waals surface area (Å²) >= 11 is 0. The third-order valence-corrected chi connectivity index (χ3v) is 5.37. The second kappa shape index (κ2) is 9.47. The molecule has 0 spiro atoms. The summed E-state index contributed by atoms with van der Waals surface area (Å²) in [6, 6.07) is 22.5. The Morgan fingerprint density at radius 2 is 1.53 bits per heavy atom. The van der Waals surface area contributed by atoms with E-state index >= 15 is 0 Å². The van der Waals surface area contributed by atoms with Crippen molar-refractivity contribution in [2.24, 2.45) is 9.98 Å². The SMILES string of the molecule is CCC1=Nc2ccccc2N=C(NC(=O)c2ccccc2)[C@@H]1c1ccc(OC)c(OC)c1. The van der Waals surface area contributed by atoms with Crippen LogP contribution in [0, 0.1) is 0 Å². The fraction of sp³-hybridized carbons (Fsp3) is 0.192. The zero-order chi connectivity index (χ0) is 22.5. The van der Waals surface area contributed by atoms with Crippen LogP contribution in [0.1, 0.15) is 35.2 Å². The molecule has 1 N–H and O–H groups in total. The molecule has 0 radical (unpaired) electrons. The van der Waals surface area contributed by atoms with E-state index in [1.807, 2.05) is 60.7 Å². The van der Waals surface area contributed by atoms with Gasteiger partial charge in [0.2, 0.25) is 0 Å². The molecular weight excluding hydrogens is 402 g/mol. The van der Waals surface area contributed by atoms with Gasteiger partial charge >= 0.3 is 0 Å². The van der Waals surface area contributed by atoms with Gasteiger partial charge < -0.3 is 14.8 Å². The van der Waals surface area contributed by atoms with Crippen LogP contribution in [0.15, 0.2) is 82.8 Å². The molecule has 0 unspecified atom stereocenters. The molecule has 6 heteroatoms. The third kappa shape index (κ3) is 4.25. The fourth-order valence-corrected chi connectivity index (χ4v) is 3.77. The van der Waals surface area contributed by atoms with Gasteiger partial charge in [0.15, 0.2) is 11.5 Å². The van der Waals surface area contributed by atoms with Crippen LogP contribution in [0.25, 0.3) is 0 Å². The summed E-state index contributed by atoms with van der Waals surface area (Å²) in [6.45, 7) is 2.05. The van der Waals surface area contributed by atoms with Crippen molar-refractivity contribution in [2.45, 2.75) is 19.3 Å². The molecule has 0 bridgehead atoms. The normalized spacial score (nSPS) is 15.0. The predicted octanol–water partition coefficient (Wildman–Crippen LogP) is 5.44. The van der Waals surface area contributed by atoms with Crippen LogP contribution in [0.2, 0.25) is 0 Å². The number of benzene rings is 3. The van der Waals surface area contributed by atoms with Crippen LogP contribution < -0.4 is 14.8 Å². The second-order valence-electron chi connectivity index (χ2n) is 7.31. The highest BCUT2D eigenvalue weighted by atomic mass is 16.5. The number of nitrogens with one attached hydrogen (secondary N) is 1. The molecule has 1 heterocycles. The number of para-hydroxylation sites is 2. The Kier molecular flexibility index (Phi) is 6.31. The summed E-state index contributed by atoms with van der Waals surface area (Å²) < 4.78 is 10.9. The van der Waals surface area contributed by atoms with Crippen LogP contribution in [0.4, 0.5) is 11.4 Å². The minimum Gasteiger partial charge on any atom is -0.493 e. The summed E-state index contributed by atoms with van der Waals surface area (Å²) in [7, 11) is 3.21. The van der Waals surface area contributed by atoms with E-state index in [1.165, 1.54) is 0 Å². The predicted molar refractivity (Wildman–Crippen MR) is 127 cm³/mol. The van der Waals surface area contributed by atoms with E-state index in [-0.39, 0.29) is 11.8 Å². The Morgan fingerprint density at radius 1 is 0.875 bits per heavy atom. The molecular formula is C26H25N3O3. The van der Waals surface area contributed by atoms with Gasteiger partial charge in [-0.25, -0.2) is 4.99 Å². The number of rotatable bonds is 5. The topological polar surface area (TPSA) is 72.3 Å². The summed E-state index contributed by atoms with van der Waals surface area (Å²) in [6.07, 6.45) is 0.688. The maximum atomic E-state index is 13.1. The van der Waals surface area contributed by atoms with Crippen LogP contribution in [-0.4, -0.2) is 31.7 Å². The highest BCUT2D eigenvalue weighted by molar-refractivity contribution is 6.19. The number of amides is 1. The highest BCUT2D eigenvalue weighted by Crippen LogP contribution is 2.37. The van der Waals surface area contributed by atoms with E-state index in [0.717, 1.165) is 17.0 Å². The number of aliphatic imine (C=N–C) groups is 2. The van der Waals surface area contributed by atoms with E-state index < -0.39 is 0 Å².